The Labute approximate surface area is 177 Å². The Balaban J connectivity index is 1.38. The number of urea groups is 1. The molecule has 3 aliphatic rings. The van der Waals surface area contributed by atoms with Crippen LogP contribution >= 0.6 is 11.6 Å². The van der Waals surface area contributed by atoms with Gasteiger partial charge in [0.15, 0.2) is 0 Å². The van der Waals surface area contributed by atoms with E-state index in [1.165, 1.54) is 0 Å². The Morgan fingerprint density at radius 1 is 1.24 bits per heavy atom. The van der Waals surface area contributed by atoms with Crippen molar-refractivity contribution in [1.82, 2.24) is 15.1 Å². The highest BCUT2D eigenvalue weighted by Crippen LogP contribution is 2.32. The van der Waals surface area contributed by atoms with Crippen LogP contribution < -0.4 is 5.32 Å². The van der Waals surface area contributed by atoms with E-state index in [0.717, 1.165) is 54.8 Å². The highest BCUT2D eigenvalue weighted by atomic mass is 35.5. The molecule has 158 valence electrons. The van der Waals surface area contributed by atoms with Gasteiger partial charge < -0.3 is 19.9 Å². The van der Waals surface area contributed by atoms with Gasteiger partial charge in [0.25, 0.3) is 0 Å². The number of likely N-dealkylation sites (tertiary alicyclic amines) is 1. The first-order valence-corrected chi connectivity index (χ1v) is 11.1. The molecule has 2 saturated heterocycles. The fourth-order valence-electron chi connectivity index (χ4n) is 4.44. The van der Waals surface area contributed by atoms with Crippen LogP contribution in [-0.2, 0) is 16.1 Å². The number of nitrogens with zero attached hydrogens (tertiary/aromatic N) is 2. The van der Waals surface area contributed by atoms with E-state index in [2.05, 4.69) is 5.32 Å². The first kappa shape index (κ1) is 20.5. The van der Waals surface area contributed by atoms with Crippen LogP contribution in [0.4, 0.5) is 4.79 Å². The predicted molar refractivity (Wildman–Crippen MR) is 112 cm³/mol. The highest BCUT2D eigenvalue weighted by Gasteiger charge is 2.40. The van der Waals surface area contributed by atoms with Crippen molar-refractivity contribution < 1.29 is 14.3 Å². The van der Waals surface area contributed by atoms with E-state index in [1.54, 1.807) is 0 Å². The Bertz CT molecular complexity index is 762. The summed E-state index contributed by atoms with van der Waals surface area (Å²) in [6, 6.07) is 6.19. The van der Waals surface area contributed by atoms with Gasteiger partial charge in [0, 0.05) is 37.3 Å². The third-order valence-corrected chi connectivity index (χ3v) is 6.65. The lowest BCUT2D eigenvalue weighted by molar-refractivity contribution is -0.137. The molecule has 3 fully saturated rings. The number of carbonyl (C=O) groups excluding carboxylic acids is 2. The summed E-state index contributed by atoms with van der Waals surface area (Å²) in [4.78, 5) is 29.8. The summed E-state index contributed by atoms with van der Waals surface area (Å²) in [5.74, 6) is 0.185. The number of hydrogen-bond donors (Lipinski definition) is 1. The van der Waals surface area contributed by atoms with Crippen LogP contribution in [0.5, 0.6) is 0 Å². The lowest BCUT2D eigenvalue weighted by Crippen LogP contribution is -2.55. The molecule has 0 spiro atoms. The van der Waals surface area contributed by atoms with Gasteiger partial charge in [-0.2, -0.15) is 0 Å². The van der Waals surface area contributed by atoms with Gasteiger partial charge in [-0.3, -0.25) is 4.79 Å². The van der Waals surface area contributed by atoms with E-state index in [9.17, 15) is 9.59 Å². The third kappa shape index (κ3) is 4.86. The summed E-state index contributed by atoms with van der Waals surface area (Å²) in [5.41, 5.74) is 2.05. The van der Waals surface area contributed by atoms with Gasteiger partial charge in [-0.15, -0.1) is 0 Å². The van der Waals surface area contributed by atoms with Crippen LogP contribution in [0.15, 0.2) is 18.2 Å². The molecule has 2 atom stereocenters. The molecular formula is C22H30ClN3O3. The second-order valence-corrected chi connectivity index (χ2v) is 8.93. The van der Waals surface area contributed by atoms with Crippen LogP contribution in [0.3, 0.4) is 0 Å². The van der Waals surface area contributed by atoms with Crippen molar-refractivity contribution in [3.8, 4) is 0 Å². The molecule has 0 bridgehead atoms. The monoisotopic (exact) mass is 419 g/mol. The van der Waals surface area contributed by atoms with E-state index in [4.69, 9.17) is 16.3 Å². The largest absolute Gasteiger partial charge is 0.381 e. The number of carbonyl (C=O) groups is 2. The zero-order valence-electron chi connectivity index (χ0n) is 17.0. The van der Waals surface area contributed by atoms with Crippen molar-refractivity contribution in [2.24, 2.45) is 5.92 Å². The van der Waals surface area contributed by atoms with Crippen molar-refractivity contribution in [1.29, 1.82) is 0 Å². The van der Waals surface area contributed by atoms with Crippen molar-refractivity contribution in [2.75, 3.05) is 26.3 Å². The van der Waals surface area contributed by atoms with Crippen molar-refractivity contribution in [3.63, 3.8) is 0 Å². The molecule has 6 nitrogen and oxygen atoms in total. The summed E-state index contributed by atoms with van der Waals surface area (Å²) in [7, 11) is 0. The Morgan fingerprint density at radius 2 is 2.07 bits per heavy atom. The maximum absolute atomic E-state index is 13.0. The number of halogens is 1. The van der Waals surface area contributed by atoms with Crippen molar-refractivity contribution in [2.45, 2.75) is 57.7 Å². The topological polar surface area (TPSA) is 61.9 Å². The van der Waals surface area contributed by atoms with Gasteiger partial charge >= 0.3 is 6.03 Å². The molecule has 4 rings (SSSR count). The fourth-order valence-corrected chi connectivity index (χ4v) is 4.56. The second-order valence-electron chi connectivity index (χ2n) is 8.52. The SMILES string of the molecule is Cc1cc(CNC(=O)N(C2CC2)[C@@H]2CCCN(C(=O)[C@@H]3CCOC3)C2)ccc1Cl. The maximum Gasteiger partial charge on any atom is 0.318 e. The van der Waals surface area contributed by atoms with Gasteiger partial charge in [-0.05, 0) is 56.2 Å². The Morgan fingerprint density at radius 3 is 2.76 bits per heavy atom. The third-order valence-electron chi connectivity index (χ3n) is 6.22. The smallest absolute Gasteiger partial charge is 0.318 e. The van der Waals surface area contributed by atoms with E-state index in [0.29, 0.717) is 32.3 Å². The van der Waals surface area contributed by atoms with Gasteiger partial charge in [-0.1, -0.05) is 23.7 Å². The van der Waals surface area contributed by atoms with Gasteiger partial charge in [0.1, 0.15) is 0 Å². The molecule has 0 aromatic heterocycles. The molecule has 1 aromatic rings. The number of aryl methyl sites for hydroxylation is 1. The quantitative estimate of drug-likeness (QED) is 0.796. The molecule has 29 heavy (non-hydrogen) atoms. The molecule has 1 aliphatic carbocycles. The van der Waals surface area contributed by atoms with Crippen LogP contribution in [0, 0.1) is 12.8 Å². The molecule has 0 radical (unpaired) electrons. The minimum Gasteiger partial charge on any atom is -0.381 e. The van der Waals surface area contributed by atoms with Gasteiger partial charge in [-0.25, -0.2) is 4.79 Å². The molecule has 2 heterocycles. The summed E-state index contributed by atoms with van der Waals surface area (Å²) >= 11 is 6.10. The lowest BCUT2D eigenvalue weighted by atomic mass is 10.0. The van der Waals surface area contributed by atoms with Gasteiger partial charge in [0.2, 0.25) is 5.91 Å². The zero-order chi connectivity index (χ0) is 20.4. The van der Waals surface area contributed by atoms with Crippen molar-refractivity contribution in [3.05, 3.63) is 34.3 Å². The zero-order valence-corrected chi connectivity index (χ0v) is 17.8. The van der Waals surface area contributed by atoms with E-state index < -0.39 is 0 Å². The minimum absolute atomic E-state index is 0.00917. The highest BCUT2D eigenvalue weighted by molar-refractivity contribution is 6.31. The first-order chi connectivity index (χ1) is 14.0. The molecule has 1 N–H and O–H groups in total. The average Bonchev–Trinajstić information content (AvgIpc) is 3.39. The average molecular weight is 420 g/mol. The van der Waals surface area contributed by atoms with E-state index >= 15 is 0 Å². The number of hydrogen-bond acceptors (Lipinski definition) is 3. The Kier molecular flexibility index (Phi) is 6.30. The standard InChI is InChI=1S/C22H30ClN3O3/c1-15-11-16(4-7-20(15)23)12-24-22(28)26(18-5-6-18)19-3-2-9-25(13-19)21(27)17-8-10-29-14-17/h4,7,11,17-19H,2-3,5-6,8-10,12-14H2,1H3,(H,24,28)/t17-,19-/m1/s1. The molecular weight excluding hydrogens is 390 g/mol. The number of benzene rings is 1. The van der Waals surface area contributed by atoms with Gasteiger partial charge in [0.05, 0.1) is 18.6 Å². The maximum atomic E-state index is 13.0. The molecule has 7 heteroatoms. The van der Waals surface area contributed by atoms with Crippen LogP contribution in [0.2, 0.25) is 5.02 Å². The number of rotatable bonds is 5. The summed E-state index contributed by atoms with van der Waals surface area (Å²) in [6.07, 6.45) is 4.81. The molecule has 0 unspecified atom stereocenters. The molecule has 1 aromatic carbocycles. The fraction of sp³-hybridized carbons (Fsp3) is 0.636. The van der Waals surface area contributed by atoms with Crippen LogP contribution in [-0.4, -0.2) is 60.1 Å². The molecule has 1 saturated carbocycles. The van der Waals surface area contributed by atoms with E-state index in [1.807, 2.05) is 34.9 Å². The second kappa shape index (κ2) is 8.92. The Hall–Kier alpha value is -1.79. The number of piperidine rings is 1. The molecule has 2 aliphatic heterocycles. The number of ether oxygens (including phenoxy) is 1. The minimum atomic E-state index is -0.0244. The summed E-state index contributed by atoms with van der Waals surface area (Å²) < 4.78 is 5.39. The summed E-state index contributed by atoms with van der Waals surface area (Å²) in [6.45, 7) is 5.08. The lowest BCUT2D eigenvalue weighted by Gasteiger charge is -2.40. The number of nitrogens with one attached hydrogen (secondary N) is 1. The van der Waals surface area contributed by atoms with Crippen LogP contribution in [0.25, 0.3) is 0 Å². The first-order valence-electron chi connectivity index (χ1n) is 10.7. The van der Waals surface area contributed by atoms with E-state index in [-0.39, 0.29) is 23.9 Å². The summed E-state index contributed by atoms with van der Waals surface area (Å²) in [5, 5.41) is 3.82. The molecule has 3 amide bonds. The van der Waals surface area contributed by atoms with Crippen molar-refractivity contribution >= 4 is 23.5 Å². The predicted octanol–water partition coefficient (Wildman–Crippen LogP) is 3.35. The van der Waals surface area contributed by atoms with Crippen LogP contribution in [0.1, 0.15) is 43.2 Å². The normalized spacial score (nSPS) is 24.4. The number of amides is 3.